The summed E-state index contributed by atoms with van der Waals surface area (Å²) in [5.74, 6) is -1.32. The van der Waals surface area contributed by atoms with E-state index in [1.54, 1.807) is 13.0 Å². The standard InChI is InChI=1S/C19H18N4O2/c1-13-12-16(21-20-13)18(24)22-23-19(25)17(14-8-4-2-5-9-14)15-10-6-3-7-11-15/h2-12,17H,1H3,(H,20,21)(H,22,24)(H,23,25). The third kappa shape index (κ3) is 3.92. The first kappa shape index (κ1) is 16.4. The summed E-state index contributed by atoms with van der Waals surface area (Å²) in [6, 6.07) is 20.4. The highest BCUT2D eigenvalue weighted by atomic mass is 16.2. The number of hydrogen-bond acceptors (Lipinski definition) is 3. The van der Waals surface area contributed by atoms with Crippen molar-refractivity contribution in [3.63, 3.8) is 0 Å². The zero-order valence-electron chi connectivity index (χ0n) is 13.7. The maximum Gasteiger partial charge on any atom is 0.290 e. The van der Waals surface area contributed by atoms with E-state index in [0.717, 1.165) is 16.8 Å². The van der Waals surface area contributed by atoms with Gasteiger partial charge in [0, 0.05) is 5.69 Å². The summed E-state index contributed by atoms with van der Waals surface area (Å²) >= 11 is 0. The van der Waals surface area contributed by atoms with E-state index in [2.05, 4.69) is 21.0 Å². The summed E-state index contributed by atoms with van der Waals surface area (Å²) in [5.41, 5.74) is 7.58. The summed E-state index contributed by atoms with van der Waals surface area (Å²) in [4.78, 5) is 24.8. The van der Waals surface area contributed by atoms with Crippen LogP contribution in [0.2, 0.25) is 0 Å². The lowest BCUT2D eigenvalue weighted by atomic mass is 9.91. The molecule has 0 spiro atoms. The Morgan fingerprint density at radius 1 is 0.920 bits per heavy atom. The first-order chi connectivity index (χ1) is 12.1. The molecule has 0 aliphatic heterocycles. The van der Waals surface area contributed by atoms with Gasteiger partial charge in [-0.25, -0.2) is 0 Å². The third-order valence-electron chi connectivity index (χ3n) is 3.77. The Morgan fingerprint density at radius 2 is 1.48 bits per heavy atom. The molecule has 6 heteroatoms. The number of aromatic nitrogens is 2. The van der Waals surface area contributed by atoms with Crippen LogP contribution in [0.3, 0.4) is 0 Å². The molecule has 0 saturated heterocycles. The summed E-state index contributed by atoms with van der Waals surface area (Å²) in [6.07, 6.45) is 0. The second-order valence-electron chi connectivity index (χ2n) is 5.63. The molecule has 25 heavy (non-hydrogen) atoms. The molecule has 0 bridgehead atoms. The van der Waals surface area contributed by atoms with Crippen LogP contribution in [0.25, 0.3) is 0 Å². The van der Waals surface area contributed by atoms with Crippen molar-refractivity contribution in [2.75, 3.05) is 0 Å². The fourth-order valence-corrected chi connectivity index (χ4v) is 2.58. The number of hydrogen-bond donors (Lipinski definition) is 3. The Hall–Kier alpha value is -3.41. The van der Waals surface area contributed by atoms with Gasteiger partial charge in [0.2, 0.25) is 5.91 Å². The first-order valence-electron chi connectivity index (χ1n) is 7.87. The van der Waals surface area contributed by atoms with Crippen molar-refractivity contribution >= 4 is 11.8 Å². The molecule has 0 aliphatic rings. The van der Waals surface area contributed by atoms with Crippen molar-refractivity contribution in [3.05, 3.63) is 89.2 Å². The van der Waals surface area contributed by atoms with E-state index in [-0.39, 0.29) is 11.6 Å². The number of rotatable bonds is 4. The Bertz CT molecular complexity index is 820. The molecule has 0 aliphatic carbocycles. The topological polar surface area (TPSA) is 86.9 Å². The predicted molar refractivity (Wildman–Crippen MR) is 93.7 cm³/mol. The van der Waals surface area contributed by atoms with Crippen molar-refractivity contribution in [1.82, 2.24) is 21.0 Å². The number of hydrazine groups is 1. The van der Waals surface area contributed by atoms with Gasteiger partial charge in [-0.05, 0) is 24.1 Å². The molecule has 0 saturated carbocycles. The number of nitrogens with zero attached hydrogens (tertiary/aromatic N) is 1. The van der Waals surface area contributed by atoms with E-state index >= 15 is 0 Å². The molecule has 3 N–H and O–H groups in total. The second-order valence-corrected chi connectivity index (χ2v) is 5.63. The molecule has 1 aromatic heterocycles. The number of H-pyrrole nitrogens is 1. The van der Waals surface area contributed by atoms with Crippen LogP contribution < -0.4 is 10.9 Å². The van der Waals surface area contributed by atoms with Crippen LogP contribution in [-0.4, -0.2) is 22.0 Å². The number of carbonyl (C=O) groups excluding carboxylic acids is 2. The van der Waals surface area contributed by atoms with Crippen molar-refractivity contribution in [2.45, 2.75) is 12.8 Å². The van der Waals surface area contributed by atoms with Gasteiger partial charge in [0.25, 0.3) is 5.91 Å². The molecule has 126 valence electrons. The molecular formula is C19H18N4O2. The minimum absolute atomic E-state index is 0.216. The lowest BCUT2D eigenvalue weighted by Gasteiger charge is -2.18. The van der Waals surface area contributed by atoms with Crippen molar-refractivity contribution in [2.24, 2.45) is 0 Å². The van der Waals surface area contributed by atoms with Crippen LogP contribution in [0.5, 0.6) is 0 Å². The van der Waals surface area contributed by atoms with Gasteiger partial charge < -0.3 is 0 Å². The number of amides is 2. The van der Waals surface area contributed by atoms with Crippen molar-refractivity contribution in [3.8, 4) is 0 Å². The minimum Gasteiger partial charge on any atom is -0.282 e. The van der Waals surface area contributed by atoms with Crippen LogP contribution in [0, 0.1) is 6.92 Å². The second kappa shape index (κ2) is 7.44. The maximum absolute atomic E-state index is 12.7. The van der Waals surface area contributed by atoms with E-state index in [1.165, 1.54) is 0 Å². The maximum atomic E-state index is 12.7. The van der Waals surface area contributed by atoms with E-state index in [0.29, 0.717) is 0 Å². The number of aryl methyl sites for hydroxylation is 1. The Balaban J connectivity index is 1.77. The Kier molecular flexibility index (Phi) is 4.89. The van der Waals surface area contributed by atoms with Crippen LogP contribution in [0.4, 0.5) is 0 Å². The van der Waals surface area contributed by atoms with Gasteiger partial charge in [-0.2, -0.15) is 5.10 Å². The van der Waals surface area contributed by atoms with Crippen LogP contribution in [0.1, 0.15) is 33.2 Å². The van der Waals surface area contributed by atoms with Crippen LogP contribution in [0.15, 0.2) is 66.7 Å². The first-order valence-corrected chi connectivity index (χ1v) is 7.87. The fraction of sp³-hybridized carbons (Fsp3) is 0.105. The fourth-order valence-electron chi connectivity index (χ4n) is 2.58. The molecule has 2 aromatic carbocycles. The van der Waals surface area contributed by atoms with Gasteiger partial charge in [0.1, 0.15) is 0 Å². The molecule has 0 fully saturated rings. The zero-order chi connectivity index (χ0) is 17.6. The Morgan fingerprint density at radius 3 is 1.96 bits per heavy atom. The van der Waals surface area contributed by atoms with Crippen molar-refractivity contribution < 1.29 is 9.59 Å². The predicted octanol–water partition coefficient (Wildman–Crippen LogP) is 2.31. The number of carbonyl (C=O) groups is 2. The van der Waals surface area contributed by atoms with Crippen LogP contribution in [-0.2, 0) is 4.79 Å². The number of benzene rings is 2. The molecule has 2 amide bonds. The van der Waals surface area contributed by atoms with Gasteiger partial charge in [-0.1, -0.05) is 60.7 Å². The van der Waals surface area contributed by atoms with Crippen molar-refractivity contribution in [1.29, 1.82) is 0 Å². The number of aromatic amines is 1. The molecule has 0 atom stereocenters. The molecule has 6 nitrogen and oxygen atoms in total. The minimum atomic E-state index is -0.524. The van der Waals surface area contributed by atoms with Gasteiger partial charge in [0.05, 0.1) is 5.92 Å². The number of nitrogens with one attached hydrogen (secondary N) is 3. The molecule has 3 aromatic rings. The summed E-state index contributed by atoms with van der Waals surface area (Å²) in [7, 11) is 0. The lowest BCUT2D eigenvalue weighted by Crippen LogP contribution is -2.44. The highest BCUT2D eigenvalue weighted by Crippen LogP contribution is 2.24. The summed E-state index contributed by atoms with van der Waals surface area (Å²) in [5, 5.41) is 6.55. The molecule has 0 unspecified atom stereocenters. The van der Waals surface area contributed by atoms with E-state index in [4.69, 9.17) is 0 Å². The smallest absolute Gasteiger partial charge is 0.282 e. The van der Waals surface area contributed by atoms with E-state index in [1.807, 2.05) is 60.7 Å². The summed E-state index contributed by atoms with van der Waals surface area (Å²) < 4.78 is 0. The molecule has 3 rings (SSSR count). The molecule has 0 radical (unpaired) electrons. The van der Waals surface area contributed by atoms with Gasteiger partial charge >= 0.3 is 0 Å². The van der Waals surface area contributed by atoms with E-state index < -0.39 is 11.8 Å². The lowest BCUT2D eigenvalue weighted by molar-refractivity contribution is -0.122. The average Bonchev–Trinajstić information content (AvgIpc) is 3.08. The molecular weight excluding hydrogens is 316 g/mol. The monoisotopic (exact) mass is 334 g/mol. The normalized spacial score (nSPS) is 10.5. The van der Waals surface area contributed by atoms with Crippen LogP contribution >= 0.6 is 0 Å². The van der Waals surface area contributed by atoms with Gasteiger partial charge in [-0.3, -0.25) is 25.5 Å². The SMILES string of the molecule is Cc1cc(C(=O)NNC(=O)C(c2ccccc2)c2ccccc2)n[nH]1. The van der Waals surface area contributed by atoms with Gasteiger partial charge in [0.15, 0.2) is 5.69 Å². The molecule has 1 heterocycles. The largest absolute Gasteiger partial charge is 0.290 e. The Labute approximate surface area is 145 Å². The average molecular weight is 334 g/mol. The quantitative estimate of drug-likeness (QED) is 0.640. The van der Waals surface area contributed by atoms with Gasteiger partial charge in [-0.15, -0.1) is 0 Å². The highest BCUT2D eigenvalue weighted by Gasteiger charge is 2.23. The van der Waals surface area contributed by atoms with E-state index in [9.17, 15) is 9.59 Å². The zero-order valence-corrected chi connectivity index (χ0v) is 13.7. The summed E-state index contributed by atoms with van der Waals surface area (Å²) in [6.45, 7) is 1.79. The highest BCUT2D eigenvalue weighted by molar-refractivity contribution is 5.95. The third-order valence-corrected chi connectivity index (χ3v) is 3.77.